The van der Waals surface area contributed by atoms with Gasteiger partial charge in [-0.3, -0.25) is 0 Å². The fourth-order valence-corrected chi connectivity index (χ4v) is 4.21. The van der Waals surface area contributed by atoms with Gasteiger partial charge in [0.1, 0.15) is 11.9 Å². The number of halogens is 2. The molecule has 2 nitrogen and oxygen atoms in total. The molecule has 0 saturated carbocycles. The maximum absolute atomic E-state index is 10.3. The lowest BCUT2D eigenvalue weighted by molar-refractivity contribution is 0.0673. The Labute approximate surface area is 132 Å². The molecule has 0 radical (unpaired) electrons. The summed E-state index contributed by atoms with van der Waals surface area (Å²) in [6, 6.07) is 7.85. The zero-order chi connectivity index (χ0) is 13.6. The molecule has 1 N–H and O–H groups in total. The highest BCUT2D eigenvalue weighted by atomic mass is 79.9. The maximum Gasteiger partial charge on any atom is 0.136 e. The van der Waals surface area contributed by atoms with E-state index in [1.165, 1.54) is 4.88 Å². The second kappa shape index (κ2) is 5.20. The maximum atomic E-state index is 10.3. The van der Waals surface area contributed by atoms with Gasteiger partial charge in [0.05, 0.1) is 6.10 Å². The number of aryl methyl sites for hydroxylation is 1. The summed E-state index contributed by atoms with van der Waals surface area (Å²) in [4.78, 5) is 2.38. The first-order valence-corrected chi connectivity index (χ1v) is 8.35. The number of fused-ring (bicyclic) bond motifs is 1. The summed E-state index contributed by atoms with van der Waals surface area (Å²) in [5, 5.41) is 10.3. The highest BCUT2D eigenvalue weighted by Gasteiger charge is 2.29. The van der Waals surface area contributed by atoms with Crippen LogP contribution in [0.4, 0.5) is 0 Å². The third kappa shape index (κ3) is 2.61. The molecule has 2 heterocycles. The second-order valence-electron chi connectivity index (χ2n) is 4.59. The molecule has 0 fully saturated rings. The Morgan fingerprint density at radius 1 is 1.32 bits per heavy atom. The molecule has 0 saturated heterocycles. The summed E-state index contributed by atoms with van der Waals surface area (Å²) < 4.78 is 8.08. The van der Waals surface area contributed by atoms with Gasteiger partial charge >= 0.3 is 0 Å². The van der Waals surface area contributed by atoms with Gasteiger partial charge in [-0.1, -0.05) is 15.9 Å². The van der Waals surface area contributed by atoms with E-state index in [1.54, 1.807) is 11.3 Å². The van der Waals surface area contributed by atoms with E-state index in [4.69, 9.17) is 4.74 Å². The molecule has 0 aliphatic carbocycles. The van der Waals surface area contributed by atoms with Crippen molar-refractivity contribution in [2.24, 2.45) is 0 Å². The molecule has 100 valence electrons. The molecule has 3 rings (SSSR count). The number of hydrogen-bond acceptors (Lipinski definition) is 3. The van der Waals surface area contributed by atoms with Gasteiger partial charge < -0.3 is 9.84 Å². The first kappa shape index (κ1) is 13.6. The Morgan fingerprint density at radius 2 is 2.11 bits per heavy atom. The van der Waals surface area contributed by atoms with E-state index in [-0.39, 0.29) is 6.10 Å². The highest BCUT2D eigenvalue weighted by Crippen LogP contribution is 2.44. The summed E-state index contributed by atoms with van der Waals surface area (Å²) in [7, 11) is 0. The third-order valence-corrected chi connectivity index (χ3v) is 5.95. The second-order valence-corrected chi connectivity index (χ2v) is 7.65. The van der Waals surface area contributed by atoms with Gasteiger partial charge in [0.2, 0.25) is 0 Å². The Bertz CT molecular complexity index is 604. The number of ether oxygens (including phenoxy) is 1. The fourth-order valence-electron chi connectivity index (χ4n) is 2.23. The standard InChI is InChI=1S/C14H12Br2O2S/c1-7-10(16)5-14(19-7)13-6-11(17)9-4-8(15)2-3-12(9)18-13/h2-5,11,13,17H,6H2,1H3/t11-,13?/m1/s1. The third-order valence-electron chi connectivity index (χ3n) is 3.23. The van der Waals surface area contributed by atoms with E-state index in [0.29, 0.717) is 6.42 Å². The van der Waals surface area contributed by atoms with Crippen LogP contribution in [-0.2, 0) is 0 Å². The topological polar surface area (TPSA) is 29.5 Å². The minimum atomic E-state index is -0.479. The van der Waals surface area contributed by atoms with Crippen molar-refractivity contribution < 1.29 is 9.84 Å². The van der Waals surface area contributed by atoms with Crippen LogP contribution in [0.3, 0.4) is 0 Å². The summed E-state index contributed by atoms with van der Waals surface area (Å²) in [5.41, 5.74) is 0.859. The minimum Gasteiger partial charge on any atom is -0.484 e. The van der Waals surface area contributed by atoms with E-state index in [9.17, 15) is 5.11 Å². The van der Waals surface area contributed by atoms with Crippen LogP contribution in [0.2, 0.25) is 0 Å². The van der Waals surface area contributed by atoms with Crippen molar-refractivity contribution in [1.29, 1.82) is 0 Å². The molecule has 1 unspecified atom stereocenters. The molecule has 2 aromatic rings. The van der Waals surface area contributed by atoms with E-state index in [1.807, 2.05) is 18.2 Å². The van der Waals surface area contributed by atoms with Crippen molar-refractivity contribution in [3.8, 4) is 5.75 Å². The Hall–Kier alpha value is -0.360. The largest absolute Gasteiger partial charge is 0.484 e. The number of thiophene rings is 1. The van der Waals surface area contributed by atoms with Crippen LogP contribution < -0.4 is 4.74 Å². The minimum absolute atomic E-state index is 0.0707. The summed E-state index contributed by atoms with van der Waals surface area (Å²) in [6.07, 6.45) is 0.0432. The number of benzene rings is 1. The molecular formula is C14H12Br2O2S. The predicted octanol–water partition coefficient (Wildman–Crippen LogP) is 5.14. The molecule has 5 heteroatoms. The Balaban J connectivity index is 1.94. The number of aliphatic hydroxyl groups excluding tert-OH is 1. The normalized spacial score (nSPS) is 21.9. The lowest BCUT2D eigenvalue weighted by Gasteiger charge is -2.29. The smallest absolute Gasteiger partial charge is 0.136 e. The molecule has 0 amide bonds. The van der Waals surface area contributed by atoms with Crippen molar-refractivity contribution in [3.63, 3.8) is 0 Å². The molecule has 1 aliphatic rings. The summed E-state index contributed by atoms with van der Waals surface area (Å²) >= 11 is 8.65. The average molecular weight is 404 g/mol. The van der Waals surface area contributed by atoms with Crippen LogP contribution in [-0.4, -0.2) is 5.11 Å². The molecule has 0 bridgehead atoms. The first-order chi connectivity index (χ1) is 9.04. The average Bonchev–Trinajstić information content (AvgIpc) is 2.70. The molecule has 19 heavy (non-hydrogen) atoms. The van der Waals surface area contributed by atoms with Gasteiger partial charge in [-0.05, 0) is 47.1 Å². The highest BCUT2D eigenvalue weighted by molar-refractivity contribution is 9.10. The number of rotatable bonds is 1. The van der Waals surface area contributed by atoms with Crippen molar-refractivity contribution in [1.82, 2.24) is 0 Å². The number of aliphatic hydroxyl groups is 1. The van der Waals surface area contributed by atoms with Crippen LogP contribution in [0.1, 0.15) is 33.9 Å². The molecule has 1 aromatic carbocycles. The monoisotopic (exact) mass is 402 g/mol. The predicted molar refractivity (Wildman–Crippen MR) is 83.8 cm³/mol. The van der Waals surface area contributed by atoms with Crippen molar-refractivity contribution in [2.75, 3.05) is 0 Å². The van der Waals surface area contributed by atoms with Gasteiger partial charge in [0.15, 0.2) is 0 Å². The zero-order valence-corrected chi connectivity index (χ0v) is 14.2. The van der Waals surface area contributed by atoms with E-state index in [2.05, 4.69) is 44.8 Å². The Kier molecular flexibility index (Phi) is 3.73. The lowest BCUT2D eigenvalue weighted by Crippen LogP contribution is -2.18. The lowest BCUT2D eigenvalue weighted by atomic mass is 9.98. The number of hydrogen-bond donors (Lipinski definition) is 1. The molecular weight excluding hydrogens is 392 g/mol. The molecule has 2 atom stereocenters. The Morgan fingerprint density at radius 3 is 2.79 bits per heavy atom. The first-order valence-electron chi connectivity index (χ1n) is 5.94. The quantitative estimate of drug-likeness (QED) is 0.714. The van der Waals surface area contributed by atoms with Crippen LogP contribution in [0, 0.1) is 6.92 Å². The van der Waals surface area contributed by atoms with Crippen molar-refractivity contribution >= 4 is 43.2 Å². The molecule has 1 aromatic heterocycles. The van der Waals surface area contributed by atoms with Gasteiger partial charge in [-0.2, -0.15) is 0 Å². The summed E-state index contributed by atoms with van der Waals surface area (Å²) in [5.74, 6) is 0.772. The SMILES string of the molecule is Cc1sc(C2C[C@@H](O)c3cc(Br)ccc3O2)cc1Br. The van der Waals surface area contributed by atoms with Crippen LogP contribution in [0.25, 0.3) is 0 Å². The van der Waals surface area contributed by atoms with E-state index in [0.717, 1.165) is 25.1 Å². The van der Waals surface area contributed by atoms with E-state index < -0.39 is 6.10 Å². The van der Waals surface area contributed by atoms with Gasteiger partial charge in [-0.15, -0.1) is 11.3 Å². The van der Waals surface area contributed by atoms with Gasteiger partial charge in [0, 0.05) is 30.7 Å². The van der Waals surface area contributed by atoms with Gasteiger partial charge in [0.25, 0.3) is 0 Å². The van der Waals surface area contributed by atoms with Crippen molar-refractivity contribution in [2.45, 2.75) is 25.6 Å². The zero-order valence-electron chi connectivity index (χ0n) is 10.2. The summed E-state index contributed by atoms with van der Waals surface area (Å²) in [6.45, 7) is 2.07. The van der Waals surface area contributed by atoms with Crippen LogP contribution >= 0.6 is 43.2 Å². The van der Waals surface area contributed by atoms with E-state index >= 15 is 0 Å². The molecule has 0 spiro atoms. The van der Waals surface area contributed by atoms with Crippen LogP contribution in [0.5, 0.6) is 5.75 Å². The van der Waals surface area contributed by atoms with Crippen LogP contribution in [0.15, 0.2) is 33.2 Å². The van der Waals surface area contributed by atoms with Crippen molar-refractivity contribution in [3.05, 3.63) is 48.5 Å². The van der Waals surface area contributed by atoms with Gasteiger partial charge in [-0.25, -0.2) is 0 Å². The molecule has 1 aliphatic heterocycles. The fraction of sp³-hybridized carbons (Fsp3) is 0.286.